The average Bonchev–Trinajstić information content (AvgIpc) is 2.36. The summed E-state index contributed by atoms with van der Waals surface area (Å²) in [4.78, 5) is 13.7. The van der Waals surface area contributed by atoms with E-state index in [0.717, 1.165) is 19.5 Å². The van der Waals surface area contributed by atoms with Crippen LogP contribution in [0.5, 0.6) is 0 Å². The van der Waals surface area contributed by atoms with Gasteiger partial charge in [0.1, 0.15) is 0 Å². The number of carbonyl (C=O) groups excluding carboxylic acids is 1. The maximum absolute atomic E-state index is 11.7. The normalized spacial score (nSPS) is 14.6. The van der Waals surface area contributed by atoms with Crippen molar-refractivity contribution < 1.29 is 4.79 Å². The van der Waals surface area contributed by atoms with Gasteiger partial charge in [-0.25, -0.2) is 0 Å². The molecule has 3 nitrogen and oxygen atoms in total. The zero-order chi connectivity index (χ0) is 13.1. The summed E-state index contributed by atoms with van der Waals surface area (Å²) in [5.41, 5.74) is 3.84. The number of amides is 1. The van der Waals surface area contributed by atoms with Crippen LogP contribution in [0, 0.1) is 0 Å². The molecule has 1 aliphatic rings. The van der Waals surface area contributed by atoms with E-state index in [4.69, 9.17) is 0 Å². The Kier molecular flexibility index (Phi) is 3.90. The van der Waals surface area contributed by atoms with Crippen LogP contribution in [-0.4, -0.2) is 23.4 Å². The average molecular weight is 246 g/mol. The van der Waals surface area contributed by atoms with Crippen LogP contribution in [0.15, 0.2) is 18.2 Å². The first kappa shape index (κ1) is 12.9. The smallest absolute Gasteiger partial charge is 0.222 e. The highest BCUT2D eigenvalue weighted by Crippen LogP contribution is 2.23. The Morgan fingerprint density at radius 3 is 2.83 bits per heavy atom. The second-order valence-electron chi connectivity index (χ2n) is 5.20. The van der Waals surface area contributed by atoms with Gasteiger partial charge in [-0.15, -0.1) is 0 Å². The molecule has 0 fully saturated rings. The Morgan fingerprint density at radius 1 is 1.39 bits per heavy atom. The van der Waals surface area contributed by atoms with Gasteiger partial charge in [-0.3, -0.25) is 4.79 Å². The Hall–Kier alpha value is -1.51. The van der Waals surface area contributed by atoms with Crippen molar-refractivity contribution in [1.29, 1.82) is 0 Å². The molecule has 0 bridgehead atoms. The molecule has 98 valence electrons. The molecule has 1 aromatic carbocycles. The lowest BCUT2D eigenvalue weighted by Crippen LogP contribution is -2.35. The van der Waals surface area contributed by atoms with E-state index in [-0.39, 0.29) is 5.91 Å². The number of hydrogen-bond donors (Lipinski definition) is 1. The third kappa shape index (κ3) is 2.84. The Bertz CT molecular complexity index is 440. The van der Waals surface area contributed by atoms with Crippen LogP contribution in [-0.2, 0) is 17.8 Å². The molecule has 0 saturated heterocycles. The highest BCUT2D eigenvalue weighted by Gasteiger charge is 2.19. The molecule has 0 radical (unpaired) electrons. The molecule has 0 unspecified atom stereocenters. The summed E-state index contributed by atoms with van der Waals surface area (Å²) in [6.45, 7) is 7.82. The molecular weight excluding hydrogens is 224 g/mol. The van der Waals surface area contributed by atoms with E-state index in [0.29, 0.717) is 12.5 Å². The minimum Gasteiger partial charge on any atom is -0.383 e. The number of benzene rings is 1. The Balaban J connectivity index is 2.13. The van der Waals surface area contributed by atoms with Crippen molar-refractivity contribution >= 4 is 11.6 Å². The molecule has 2 rings (SSSR count). The van der Waals surface area contributed by atoms with Gasteiger partial charge in [0.25, 0.3) is 0 Å². The molecule has 3 heteroatoms. The SMILES string of the molecule is CCC(=O)N1CCc2cc(NC(C)C)ccc2C1. The van der Waals surface area contributed by atoms with E-state index in [1.807, 2.05) is 11.8 Å². The first-order chi connectivity index (χ1) is 8.60. The quantitative estimate of drug-likeness (QED) is 0.889. The first-order valence-corrected chi connectivity index (χ1v) is 6.76. The Morgan fingerprint density at radius 2 is 2.17 bits per heavy atom. The fourth-order valence-corrected chi connectivity index (χ4v) is 2.41. The fraction of sp³-hybridized carbons (Fsp3) is 0.533. The highest BCUT2D eigenvalue weighted by atomic mass is 16.2. The van der Waals surface area contributed by atoms with Crippen LogP contribution >= 0.6 is 0 Å². The largest absolute Gasteiger partial charge is 0.383 e. The monoisotopic (exact) mass is 246 g/mol. The number of nitrogens with one attached hydrogen (secondary N) is 1. The van der Waals surface area contributed by atoms with Crippen molar-refractivity contribution in [2.45, 2.75) is 46.2 Å². The lowest BCUT2D eigenvalue weighted by Gasteiger charge is -2.29. The van der Waals surface area contributed by atoms with Crippen molar-refractivity contribution in [3.63, 3.8) is 0 Å². The summed E-state index contributed by atoms with van der Waals surface area (Å²) in [6.07, 6.45) is 1.57. The third-order valence-electron chi connectivity index (χ3n) is 3.33. The second-order valence-corrected chi connectivity index (χ2v) is 5.20. The van der Waals surface area contributed by atoms with Gasteiger partial charge in [-0.1, -0.05) is 13.0 Å². The number of anilines is 1. The number of hydrogen-bond acceptors (Lipinski definition) is 2. The minimum atomic E-state index is 0.255. The van der Waals surface area contributed by atoms with Crippen molar-refractivity contribution in [3.05, 3.63) is 29.3 Å². The zero-order valence-corrected chi connectivity index (χ0v) is 11.5. The standard InChI is InChI=1S/C15H22N2O/c1-4-15(18)17-8-7-12-9-14(16-11(2)3)6-5-13(12)10-17/h5-6,9,11,16H,4,7-8,10H2,1-3H3. The van der Waals surface area contributed by atoms with E-state index >= 15 is 0 Å². The second kappa shape index (κ2) is 5.42. The lowest BCUT2D eigenvalue weighted by molar-refractivity contribution is -0.131. The maximum Gasteiger partial charge on any atom is 0.222 e. The molecule has 1 amide bonds. The summed E-state index contributed by atoms with van der Waals surface area (Å²) < 4.78 is 0. The molecule has 1 aliphatic heterocycles. The topological polar surface area (TPSA) is 32.3 Å². The van der Waals surface area contributed by atoms with Crippen molar-refractivity contribution in [2.75, 3.05) is 11.9 Å². The first-order valence-electron chi connectivity index (χ1n) is 6.76. The van der Waals surface area contributed by atoms with Gasteiger partial charge in [-0.05, 0) is 43.5 Å². The van der Waals surface area contributed by atoms with Gasteiger partial charge in [0, 0.05) is 31.2 Å². The van der Waals surface area contributed by atoms with Crippen LogP contribution in [0.3, 0.4) is 0 Å². The van der Waals surface area contributed by atoms with E-state index < -0.39 is 0 Å². The highest BCUT2D eigenvalue weighted by molar-refractivity contribution is 5.76. The molecule has 0 saturated carbocycles. The lowest BCUT2D eigenvalue weighted by atomic mass is 9.98. The van der Waals surface area contributed by atoms with Gasteiger partial charge in [0.05, 0.1) is 0 Å². The van der Waals surface area contributed by atoms with Crippen LogP contribution in [0.25, 0.3) is 0 Å². The molecule has 0 spiro atoms. The van der Waals surface area contributed by atoms with Gasteiger partial charge >= 0.3 is 0 Å². The van der Waals surface area contributed by atoms with E-state index in [1.165, 1.54) is 16.8 Å². The summed E-state index contributed by atoms with van der Waals surface area (Å²) in [5.74, 6) is 0.255. The molecule has 0 aromatic heterocycles. The van der Waals surface area contributed by atoms with Gasteiger partial charge in [0.2, 0.25) is 5.91 Å². The number of nitrogens with zero attached hydrogens (tertiary/aromatic N) is 1. The minimum absolute atomic E-state index is 0.255. The van der Waals surface area contributed by atoms with E-state index in [1.54, 1.807) is 0 Å². The van der Waals surface area contributed by atoms with Gasteiger partial charge < -0.3 is 10.2 Å². The predicted molar refractivity (Wildman–Crippen MR) is 74.6 cm³/mol. The van der Waals surface area contributed by atoms with Crippen molar-refractivity contribution in [2.24, 2.45) is 0 Å². The maximum atomic E-state index is 11.7. The fourth-order valence-electron chi connectivity index (χ4n) is 2.41. The zero-order valence-electron chi connectivity index (χ0n) is 11.5. The molecule has 18 heavy (non-hydrogen) atoms. The van der Waals surface area contributed by atoms with Crippen molar-refractivity contribution in [1.82, 2.24) is 4.90 Å². The van der Waals surface area contributed by atoms with E-state index in [2.05, 4.69) is 37.4 Å². The van der Waals surface area contributed by atoms with Crippen LogP contribution in [0.2, 0.25) is 0 Å². The molecule has 0 aliphatic carbocycles. The van der Waals surface area contributed by atoms with Gasteiger partial charge in [-0.2, -0.15) is 0 Å². The number of rotatable bonds is 3. The number of carbonyl (C=O) groups is 1. The van der Waals surface area contributed by atoms with Crippen LogP contribution < -0.4 is 5.32 Å². The van der Waals surface area contributed by atoms with Crippen LogP contribution in [0.4, 0.5) is 5.69 Å². The molecule has 1 heterocycles. The molecule has 1 N–H and O–H groups in total. The Labute approximate surface area is 109 Å². The summed E-state index contributed by atoms with van der Waals surface area (Å²) >= 11 is 0. The summed E-state index contributed by atoms with van der Waals surface area (Å²) in [7, 11) is 0. The van der Waals surface area contributed by atoms with E-state index in [9.17, 15) is 4.79 Å². The molecule has 1 aromatic rings. The van der Waals surface area contributed by atoms with Crippen LogP contribution in [0.1, 0.15) is 38.3 Å². The third-order valence-corrected chi connectivity index (χ3v) is 3.33. The van der Waals surface area contributed by atoms with Gasteiger partial charge in [0.15, 0.2) is 0 Å². The molecular formula is C15H22N2O. The number of fused-ring (bicyclic) bond motifs is 1. The van der Waals surface area contributed by atoms with Crippen molar-refractivity contribution in [3.8, 4) is 0 Å². The summed E-state index contributed by atoms with van der Waals surface area (Å²) in [5, 5.41) is 3.42. The molecule has 0 atom stereocenters. The summed E-state index contributed by atoms with van der Waals surface area (Å²) in [6, 6.07) is 6.93. The predicted octanol–water partition coefficient (Wildman–Crippen LogP) is 2.80.